The number of primary amides is 1. The van der Waals surface area contributed by atoms with Crippen molar-refractivity contribution in [2.75, 3.05) is 26.3 Å². The van der Waals surface area contributed by atoms with Gasteiger partial charge in [-0.3, -0.25) is 9.59 Å². The molecule has 0 spiro atoms. The third-order valence-electron chi connectivity index (χ3n) is 4.37. The van der Waals surface area contributed by atoms with Crippen molar-refractivity contribution in [2.45, 2.75) is 38.1 Å². The first-order chi connectivity index (χ1) is 9.10. The summed E-state index contributed by atoms with van der Waals surface area (Å²) in [6.45, 7) is 1.42. The third-order valence-corrected chi connectivity index (χ3v) is 4.37. The summed E-state index contributed by atoms with van der Waals surface area (Å²) in [4.78, 5) is 25.9. The van der Waals surface area contributed by atoms with Crippen molar-refractivity contribution in [1.82, 2.24) is 4.90 Å². The highest BCUT2D eigenvalue weighted by Crippen LogP contribution is 2.37. The maximum Gasteiger partial charge on any atom is 0.242 e. The van der Waals surface area contributed by atoms with Gasteiger partial charge in [0.2, 0.25) is 11.8 Å². The van der Waals surface area contributed by atoms with E-state index >= 15 is 0 Å². The molecule has 1 heterocycles. The van der Waals surface area contributed by atoms with E-state index in [0.29, 0.717) is 19.7 Å². The van der Waals surface area contributed by atoms with Crippen LogP contribution in [0.3, 0.4) is 0 Å². The van der Waals surface area contributed by atoms with Gasteiger partial charge in [0, 0.05) is 13.1 Å². The van der Waals surface area contributed by atoms with E-state index in [1.807, 2.05) is 0 Å². The molecule has 1 saturated carbocycles. The zero-order valence-corrected chi connectivity index (χ0v) is 11.3. The van der Waals surface area contributed by atoms with Gasteiger partial charge in [-0.25, -0.2) is 0 Å². The van der Waals surface area contributed by atoms with Crippen LogP contribution in [-0.2, 0) is 14.3 Å². The van der Waals surface area contributed by atoms with Gasteiger partial charge < -0.3 is 21.1 Å². The van der Waals surface area contributed by atoms with Gasteiger partial charge in [0.1, 0.15) is 6.04 Å². The number of amides is 2. The number of nitrogens with two attached hydrogens (primary N) is 2. The fourth-order valence-corrected chi connectivity index (χ4v) is 3.12. The third kappa shape index (κ3) is 2.74. The first-order valence-electron chi connectivity index (χ1n) is 6.99. The SMILES string of the molecule is NCC1(C(=O)N2CCOCC2C(N)=O)CCCCC1. The van der Waals surface area contributed by atoms with Crippen molar-refractivity contribution in [2.24, 2.45) is 16.9 Å². The Kier molecular flexibility index (Phi) is 4.42. The van der Waals surface area contributed by atoms with Gasteiger partial charge in [-0.15, -0.1) is 0 Å². The molecule has 6 heteroatoms. The summed E-state index contributed by atoms with van der Waals surface area (Å²) in [7, 11) is 0. The van der Waals surface area contributed by atoms with Crippen LogP contribution in [0.25, 0.3) is 0 Å². The smallest absolute Gasteiger partial charge is 0.242 e. The molecule has 0 bridgehead atoms. The molecule has 6 nitrogen and oxygen atoms in total. The van der Waals surface area contributed by atoms with E-state index < -0.39 is 17.4 Å². The van der Waals surface area contributed by atoms with Gasteiger partial charge in [0.25, 0.3) is 0 Å². The van der Waals surface area contributed by atoms with Gasteiger partial charge in [-0.2, -0.15) is 0 Å². The van der Waals surface area contributed by atoms with Gasteiger partial charge in [-0.1, -0.05) is 19.3 Å². The second-order valence-electron chi connectivity index (χ2n) is 5.54. The molecule has 1 unspecified atom stereocenters. The molecule has 0 aromatic rings. The standard InChI is InChI=1S/C13H23N3O3/c14-9-13(4-2-1-3-5-13)12(18)16-6-7-19-8-10(16)11(15)17/h10H,1-9,14H2,(H2,15,17). The van der Waals surface area contributed by atoms with Crippen molar-refractivity contribution in [3.05, 3.63) is 0 Å². The summed E-state index contributed by atoms with van der Waals surface area (Å²) < 4.78 is 5.25. The lowest BCUT2D eigenvalue weighted by atomic mass is 9.72. The van der Waals surface area contributed by atoms with Crippen molar-refractivity contribution in [3.63, 3.8) is 0 Å². The van der Waals surface area contributed by atoms with Crippen LogP contribution in [-0.4, -0.2) is 49.1 Å². The Morgan fingerprint density at radius 3 is 2.53 bits per heavy atom. The summed E-state index contributed by atoms with van der Waals surface area (Å²) in [6.07, 6.45) is 4.82. The van der Waals surface area contributed by atoms with Crippen LogP contribution in [0.4, 0.5) is 0 Å². The highest BCUT2D eigenvalue weighted by molar-refractivity contribution is 5.90. The first kappa shape index (κ1) is 14.3. The minimum Gasteiger partial charge on any atom is -0.377 e. The molecule has 1 aliphatic carbocycles. The Hall–Kier alpha value is -1.14. The van der Waals surface area contributed by atoms with Crippen molar-refractivity contribution in [3.8, 4) is 0 Å². The summed E-state index contributed by atoms with van der Waals surface area (Å²) in [6, 6.07) is -0.647. The molecular formula is C13H23N3O3. The van der Waals surface area contributed by atoms with E-state index in [0.717, 1.165) is 32.1 Å². The van der Waals surface area contributed by atoms with E-state index in [2.05, 4.69) is 0 Å². The van der Waals surface area contributed by atoms with Gasteiger partial charge in [-0.05, 0) is 12.8 Å². The molecule has 1 aliphatic heterocycles. The van der Waals surface area contributed by atoms with Crippen LogP contribution in [0.1, 0.15) is 32.1 Å². The minimum atomic E-state index is -0.647. The van der Waals surface area contributed by atoms with Gasteiger partial charge in [0.05, 0.1) is 18.6 Å². The zero-order valence-electron chi connectivity index (χ0n) is 11.3. The van der Waals surface area contributed by atoms with Crippen LogP contribution in [0.2, 0.25) is 0 Å². The number of rotatable bonds is 3. The number of morpholine rings is 1. The van der Waals surface area contributed by atoms with Crippen LogP contribution in [0, 0.1) is 5.41 Å². The Balaban J connectivity index is 2.17. The predicted octanol–water partition coefficient (Wildman–Crippen LogP) is -0.392. The van der Waals surface area contributed by atoms with E-state index in [4.69, 9.17) is 16.2 Å². The van der Waals surface area contributed by atoms with Crippen molar-refractivity contribution >= 4 is 11.8 Å². The zero-order chi connectivity index (χ0) is 13.9. The summed E-state index contributed by atoms with van der Waals surface area (Å²) in [5, 5.41) is 0. The van der Waals surface area contributed by atoms with E-state index in [1.54, 1.807) is 4.90 Å². The highest BCUT2D eigenvalue weighted by atomic mass is 16.5. The Labute approximate surface area is 113 Å². The maximum atomic E-state index is 12.8. The molecule has 1 saturated heterocycles. The van der Waals surface area contributed by atoms with E-state index in [9.17, 15) is 9.59 Å². The number of nitrogens with zero attached hydrogens (tertiary/aromatic N) is 1. The molecule has 0 radical (unpaired) electrons. The molecule has 2 aliphatic rings. The number of carbonyl (C=O) groups excluding carboxylic acids is 2. The molecule has 1 atom stereocenters. The lowest BCUT2D eigenvalue weighted by molar-refractivity contribution is -0.157. The van der Waals surface area contributed by atoms with Gasteiger partial charge in [0.15, 0.2) is 0 Å². The predicted molar refractivity (Wildman–Crippen MR) is 70.1 cm³/mol. The molecule has 4 N–H and O–H groups in total. The lowest BCUT2D eigenvalue weighted by Gasteiger charge is -2.42. The fourth-order valence-electron chi connectivity index (χ4n) is 3.12. The fraction of sp³-hybridized carbons (Fsp3) is 0.846. The summed E-state index contributed by atoms with van der Waals surface area (Å²) in [5.74, 6) is -0.516. The number of hydrogen-bond acceptors (Lipinski definition) is 4. The van der Waals surface area contributed by atoms with E-state index in [-0.39, 0.29) is 12.5 Å². The molecular weight excluding hydrogens is 246 g/mol. The number of ether oxygens (including phenoxy) is 1. The molecule has 19 heavy (non-hydrogen) atoms. The minimum absolute atomic E-state index is 0.0122. The van der Waals surface area contributed by atoms with E-state index in [1.165, 1.54) is 0 Å². The molecule has 2 fully saturated rings. The summed E-state index contributed by atoms with van der Waals surface area (Å²) >= 11 is 0. The Bertz CT molecular complexity index is 353. The first-order valence-corrected chi connectivity index (χ1v) is 6.99. The lowest BCUT2D eigenvalue weighted by Crippen LogP contribution is -2.60. The number of hydrogen-bond donors (Lipinski definition) is 2. The monoisotopic (exact) mass is 269 g/mol. The molecule has 2 rings (SSSR count). The molecule has 108 valence electrons. The highest BCUT2D eigenvalue weighted by Gasteiger charge is 2.44. The second kappa shape index (κ2) is 5.88. The second-order valence-corrected chi connectivity index (χ2v) is 5.54. The van der Waals surface area contributed by atoms with Gasteiger partial charge >= 0.3 is 0 Å². The quantitative estimate of drug-likeness (QED) is 0.729. The normalized spacial score (nSPS) is 27.0. The largest absolute Gasteiger partial charge is 0.377 e. The van der Waals surface area contributed by atoms with Crippen molar-refractivity contribution in [1.29, 1.82) is 0 Å². The molecule has 0 aromatic heterocycles. The van der Waals surface area contributed by atoms with Crippen molar-refractivity contribution < 1.29 is 14.3 Å². The summed E-state index contributed by atoms with van der Waals surface area (Å²) in [5.41, 5.74) is 10.7. The average Bonchev–Trinajstić information content (AvgIpc) is 2.47. The van der Waals surface area contributed by atoms with Crippen LogP contribution in [0.15, 0.2) is 0 Å². The Morgan fingerprint density at radius 2 is 1.95 bits per heavy atom. The Morgan fingerprint density at radius 1 is 1.26 bits per heavy atom. The van der Waals surface area contributed by atoms with Crippen LogP contribution >= 0.6 is 0 Å². The topological polar surface area (TPSA) is 98.7 Å². The average molecular weight is 269 g/mol. The van der Waals surface area contributed by atoms with Crippen LogP contribution < -0.4 is 11.5 Å². The maximum absolute atomic E-state index is 12.8. The molecule has 2 amide bonds. The van der Waals surface area contributed by atoms with Crippen LogP contribution in [0.5, 0.6) is 0 Å². The number of carbonyl (C=O) groups is 2. The molecule has 0 aromatic carbocycles.